The molecule has 1 aromatic heterocycles. The van der Waals surface area contributed by atoms with Gasteiger partial charge in [-0.1, -0.05) is 76.6 Å². The number of aromatic nitrogens is 1. The Balaban J connectivity index is 2.05. The molecule has 0 fully saturated rings. The fourth-order valence-electron chi connectivity index (χ4n) is 3.04. The largest absolute Gasteiger partial charge is 0.247 e. The van der Waals surface area contributed by atoms with Crippen LogP contribution in [0.2, 0.25) is 0 Å². The van der Waals surface area contributed by atoms with E-state index in [1.807, 2.05) is 18.2 Å². The van der Waals surface area contributed by atoms with E-state index >= 15 is 0 Å². The molecule has 2 heteroatoms. The smallest absolute Gasteiger partial charge is 0.0744 e. The van der Waals surface area contributed by atoms with Gasteiger partial charge in [0, 0.05) is 15.4 Å². The minimum atomic E-state index is 0.997. The van der Waals surface area contributed by atoms with E-state index in [-0.39, 0.29) is 0 Å². The summed E-state index contributed by atoms with van der Waals surface area (Å²) in [5.41, 5.74) is 6.81. The predicted molar refractivity (Wildman–Crippen MR) is 105 cm³/mol. The van der Waals surface area contributed by atoms with Gasteiger partial charge >= 0.3 is 0 Å². The molecular weight excluding hydrogens is 358 g/mol. The Bertz CT molecular complexity index is 1020. The molecule has 3 aromatic carbocycles. The number of para-hydroxylation sites is 1. The number of hydrogen-bond acceptors (Lipinski definition) is 1. The standard InChI is InChI=1S/C22H16BrN/c1-15-7-5-12-19-20(16-8-3-2-4-9-16)14-21(24-22(15)19)17-10-6-11-18(23)13-17/h2-14H,1H3. The van der Waals surface area contributed by atoms with Crippen molar-refractivity contribution in [3.8, 4) is 22.4 Å². The van der Waals surface area contributed by atoms with Gasteiger partial charge in [-0.2, -0.15) is 0 Å². The van der Waals surface area contributed by atoms with Gasteiger partial charge in [-0.3, -0.25) is 0 Å². The number of benzene rings is 3. The molecule has 0 atom stereocenters. The second-order valence-corrected chi connectivity index (χ2v) is 6.82. The Morgan fingerprint density at radius 1 is 0.750 bits per heavy atom. The normalized spacial score (nSPS) is 10.9. The third-order valence-corrected chi connectivity index (χ3v) is 4.74. The molecule has 0 unspecified atom stereocenters. The third-order valence-electron chi connectivity index (χ3n) is 4.25. The fraction of sp³-hybridized carbons (Fsp3) is 0.0455. The van der Waals surface area contributed by atoms with Crippen molar-refractivity contribution in [2.45, 2.75) is 6.92 Å². The number of rotatable bonds is 2. The number of aryl methyl sites for hydroxylation is 1. The summed E-state index contributed by atoms with van der Waals surface area (Å²) in [5, 5.41) is 1.19. The summed E-state index contributed by atoms with van der Waals surface area (Å²) in [7, 11) is 0. The van der Waals surface area contributed by atoms with Crippen molar-refractivity contribution in [3.63, 3.8) is 0 Å². The molecule has 4 rings (SSSR count). The number of nitrogens with zero attached hydrogens (tertiary/aromatic N) is 1. The van der Waals surface area contributed by atoms with Crippen LogP contribution in [-0.4, -0.2) is 4.98 Å². The van der Waals surface area contributed by atoms with Gasteiger partial charge in [0.2, 0.25) is 0 Å². The molecule has 0 N–H and O–H groups in total. The van der Waals surface area contributed by atoms with Gasteiger partial charge in [-0.15, -0.1) is 0 Å². The van der Waals surface area contributed by atoms with E-state index in [0.29, 0.717) is 0 Å². The van der Waals surface area contributed by atoms with Crippen molar-refractivity contribution in [3.05, 3.63) is 88.9 Å². The molecule has 0 saturated heterocycles. The molecule has 0 aliphatic rings. The summed E-state index contributed by atoms with van der Waals surface area (Å²) in [6, 6.07) is 27.4. The van der Waals surface area contributed by atoms with Crippen LogP contribution in [0.1, 0.15) is 5.56 Å². The van der Waals surface area contributed by atoms with Crippen molar-refractivity contribution in [1.29, 1.82) is 0 Å². The zero-order valence-electron chi connectivity index (χ0n) is 13.3. The Morgan fingerprint density at radius 2 is 1.50 bits per heavy atom. The van der Waals surface area contributed by atoms with Gasteiger partial charge in [0.15, 0.2) is 0 Å². The second kappa shape index (κ2) is 6.21. The highest BCUT2D eigenvalue weighted by Gasteiger charge is 2.11. The van der Waals surface area contributed by atoms with Crippen LogP contribution in [0.25, 0.3) is 33.3 Å². The summed E-state index contributed by atoms with van der Waals surface area (Å²) in [6.07, 6.45) is 0. The zero-order valence-corrected chi connectivity index (χ0v) is 14.9. The van der Waals surface area contributed by atoms with Crippen LogP contribution in [-0.2, 0) is 0 Å². The van der Waals surface area contributed by atoms with Crippen LogP contribution in [0, 0.1) is 6.92 Å². The number of halogens is 1. The third kappa shape index (κ3) is 2.74. The first-order valence-corrected chi connectivity index (χ1v) is 8.73. The summed E-state index contributed by atoms with van der Waals surface area (Å²) in [5.74, 6) is 0. The van der Waals surface area contributed by atoms with Gasteiger partial charge in [-0.05, 0) is 41.8 Å². The van der Waals surface area contributed by atoms with E-state index in [4.69, 9.17) is 4.98 Å². The lowest BCUT2D eigenvalue weighted by Crippen LogP contribution is -1.92. The van der Waals surface area contributed by atoms with Crippen LogP contribution in [0.3, 0.4) is 0 Å². The van der Waals surface area contributed by atoms with Crippen molar-refractivity contribution >= 4 is 26.8 Å². The molecule has 0 aliphatic carbocycles. The van der Waals surface area contributed by atoms with Crippen molar-refractivity contribution in [2.75, 3.05) is 0 Å². The van der Waals surface area contributed by atoms with Gasteiger partial charge in [0.05, 0.1) is 11.2 Å². The van der Waals surface area contributed by atoms with Gasteiger partial charge in [-0.25, -0.2) is 4.98 Å². The second-order valence-electron chi connectivity index (χ2n) is 5.90. The van der Waals surface area contributed by atoms with Crippen LogP contribution >= 0.6 is 15.9 Å². The van der Waals surface area contributed by atoms with E-state index in [1.54, 1.807) is 0 Å². The van der Waals surface area contributed by atoms with E-state index in [1.165, 1.54) is 22.1 Å². The van der Waals surface area contributed by atoms with Crippen LogP contribution in [0.4, 0.5) is 0 Å². The van der Waals surface area contributed by atoms with E-state index in [2.05, 4.69) is 83.5 Å². The first kappa shape index (κ1) is 15.1. The summed E-state index contributed by atoms with van der Waals surface area (Å²) >= 11 is 3.56. The highest BCUT2D eigenvalue weighted by atomic mass is 79.9. The monoisotopic (exact) mass is 373 g/mol. The molecule has 24 heavy (non-hydrogen) atoms. The highest BCUT2D eigenvalue weighted by Crippen LogP contribution is 2.33. The molecule has 1 heterocycles. The lowest BCUT2D eigenvalue weighted by atomic mass is 9.97. The lowest BCUT2D eigenvalue weighted by molar-refractivity contribution is 1.36. The van der Waals surface area contributed by atoms with Crippen molar-refractivity contribution < 1.29 is 0 Å². The molecule has 116 valence electrons. The Morgan fingerprint density at radius 3 is 2.29 bits per heavy atom. The van der Waals surface area contributed by atoms with Crippen molar-refractivity contribution in [2.24, 2.45) is 0 Å². The maximum Gasteiger partial charge on any atom is 0.0744 e. The highest BCUT2D eigenvalue weighted by molar-refractivity contribution is 9.10. The lowest BCUT2D eigenvalue weighted by Gasteiger charge is -2.12. The quantitative estimate of drug-likeness (QED) is 0.383. The molecular formula is C22H16BrN. The van der Waals surface area contributed by atoms with E-state index in [0.717, 1.165) is 21.2 Å². The zero-order chi connectivity index (χ0) is 16.5. The number of hydrogen-bond donors (Lipinski definition) is 0. The van der Waals surface area contributed by atoms with Gasteiger partial charge in [0.1, 0.15) is 0 Å². The minimum Gasteiger partial charge on any atom is -0.247 e. The van der Waals surface area contributed by atoms with Gasteiger partial charge < -0.3 is 0 Å². The Labute approximate surface area is 150 Å². The van der Waals surface area contributed by atoms with Crippen LogP contribution < -0.4 is 0 Å². The SMILES string of the molecule is Cc1cccc2c(-c3ccccc3)cc(-c3cccc(Br)c3)nc12. The predicted octanol–water partition coefficient (Wildman–Crippen LogP) is 6.64. The van der Waals surface area contributed by atoms with Gasteiger partial charge in [0.25, 0.3) is 0 Å². The average Bonchev–Trinajstić information content (AvgIpc) is 2.62. The molecule has 0 radical (unpaired) electrons. The average molecular weight is 374 g/mol. The summed E-state index contributed by atoms with van der Waals surface area (Å²) < 4.78 is 1.06. The molecule has 0 saturated carbocycles. The van der Waals surface area contributed by atoms with Crippen LogP contribution in [0.15, 0.2) is 83.3 Å². The summed E-state index contributed by atoms with van der Waals surface area (Å²) in [4.78, 5) is 4.95. The Kier molecular flexibility index (Phi) is 3.91. The first-order chi connectivity index (χ1) is 11.7. The molecule has 0 aliphatic heterocycles. The topological polar surface area (TPSA) is 12.9 Å². The van der Waals surface area contributed by atoms with E-state index < -0.39 is 0 Å². The molecule has 0 amide bonds. The maximum atomic E-state index is 4.95. The molecule has 4 aromatic rings. The van der Waals surface area contributed by atoms with E-state index in [9.17, 15) is 0 Å². The fourth-order valence-corrected chi connectivity index (χ4v) is 3.44. The minimum absolute atomic E-state index is 0.997. The maximum absolute atomic E-state index is 4.95. The molecule has 0 spiro atoms. The number of pyridine rings is 1. The van der Waals surface area contributed by atoms with Crippen LogP contribution in [0.5, 0.6) is 0 Å². The summed E-state index contributed by atoms with van der Waals surface area (Å²) in [6.45, 7) is 2.12. The van der Waals surface area contributed by atoms with Crippen molar-refractivity contribution in [1.82, 2.24) is 4.98 Å². The molecule has 0 bridgehead atoms. The first-order valence-electron chi connectivity index (χ1n) is 7.94. The molecule has 1 nitrogen and oxygen atoms in total. The Hall–Kier alpha value is -2.45. The number of fused-ring (bicyclic) bond motifs is 1.